The largest absolute Gasteiger partial charge is 0.481 e. The molecule has 0 heterocycles. The molecule has 4 atom stereocenters. The standard InChI is InChI=1S/C21H37N3O8/c1-13(2)20(24-21(31)14(3)23-17(27)12-22-4)16(26)11-19(30)32-15(9-10-25)7-5-6-8-18(28)29/h10,13-16,20,22,26H,5-9,11-12H2,1-4H3,(H,23,27)(H,24,31)(H,28,29)/t14?,15?,16?,20-/m1/s1. The summed E-state index contributed by atoms with van der Waals surface area (Å²) in [5.74, 6) is -2.72. The average Bonchev–Trinajstić information content (AvgIpc) is 2.68. The maximum absolute atomic E-state index is 12.4. The number of carboxylic acids is 1. The Bertz CT molecular complexity index is 626. The minimum atomic E-state index is -1.24. The number of amides is 2. The number of carbonyl (C=O) groups is 5. The van der Waals surface area contributed by atoms with Crippen LogP contribution in [-0.2, 0) is 28.7 Å². The van der Waals surface area contributed by atoms with Crippen molar-refractivity contribution in [1.82, 2.24) is 16.0 Å². The summed E-state index contributed by atoms with van der Waals surface area (Å²) in [6.45, 7) is 5.09. The van der Waals surface area contributed by atoms with Crippen molar-refractivity contribution >= 4 is 30.0 Å². The first-order valence-electron chi connectivity index (χ1n) is 10.8. The Morgan fingerprint density at radius 2 is 1.72 bits per heavy atom. The number of carbonyl (C=O) groups excluding carboxylic acids is 4. The smallest absolute Gasteiger partial charge is 0.308 e. The van der Waals surface area contributed by atoms with Crippen molar-refractivity contribution in [1.29, 1.82) is 0 Å². The molecule has 0 aliphatic carbocycles. The number of aldehydes is 1. The molecule has 0 radical (unpaired) electrons. The van der Waals surface area contributed by atoms with Gasteiger partial charge in [-0.3, -0.25) is 19.2 Å². The molecule has 3 unspecified atom stereocenters. The summed E-state index contributed by atoms with van der Waals surface area (Å²) in [5, 5.41) is 27.0. The van der Waals surface area contributed by atoms with E-state index < -0.39 is 48.6 Å². The second-order valence-corrected chi connectivity index (χ2v) is 8.02. The number of carboxylic acid groups (broad SMARTS) is 1. The van der Waals surface area contributed by atoms with E-state index in [2.05, 4.69) is 16.0 Å². The molecule has 0 aromatic carbocycles. The Kier molecular flexibility index (Phi) is 14.9. The summed E-state index contributed by atoms with van der Waals surface area (Å²) in [6.07, 6.45) is -0.542. The van der Waals surface area contributed by atoms with Crippen molar-refractivity contribution in [3.8, 4) is 0 Å². The molecule has 32 heavy (non-hydrogen) atoms. The molecule has 0 aliphatic rings. The molecule has 2 amide bonds. The van der Waals surface area contributed by atoms with Crippen LogP contribution in [0.15, 0.2) is 0 Å². The zero-order chi connectivity index (χ0) is 24.7. The van der Waals surface area contributed by atoms with Crippen molar-refractivity contribution in [3.63, 3.8) is 0 Å². The molecule has 184 valence electrons. The summed E-state index contributed by atoms with van der Waals surface area (Å²) < 4.78 is 5.28. The van der Waals surface area contributed by atoms with Gasteiger partial charge in [0.25, 0.3) is 0 Å². The zero-order valence-corrected chi connectivity index (χ0v) is 19.3. The fourth-order valence-electron chi connectivity index (χ4n) is 3.03. The normalized spacial score (nSPS) is 14.7. The number of hydrogen-bond acceptors (Lipinski definition) is 8. The monoisotopic (exact) mass is 459 g/mol. The number of hydrogen-bond donors (Lipinski definition) is 5. The lowest BCUT2D eigenvalue weighted by Gasteiger charge is -2.29. The Hall–Kier alpha value is -2.53. The molecule has 0 aromatic rings. The van der Waals surface area contributed by atoms with Crippen LogP contribution in [-0.4, -0.2) is 78.1 Å². The fraction of sp³-hybridized carbons (Fsp3) is 0.762. The minimum Gasteiger partial charge on any atom is -0.481 e. The molecule has 0 aromatic heterocycles. The van der Waals surface area contributed by atoms with Gasteiger partial charge in [0.05, 0.1) is 25.1 Å². The van der Waals surface area contributed by atoms with Crippen molar-refractivity contribution in [3.05, 3.63) is 0 Å². The quantitative estimate of drug-likeness (QED) is 0.112. The first kappa shape index (κ1) is 29.5. The van der Waals surface area contributed by atoms with E-state index in [0.29, 0.717) is 25.5 Å². The SMILES string of the molecule is CNCC(=O)NC(C)C(=O)N[C@H](C(C)C)C(O)CC(=O)OC(CC=O)CCCCC(=O)O. The van der Waals surface area contributed by atoms with Crippen LogP contribution in [0.25, 0.3) is 0 Å². The lowest BCUT2D eigenvalue weighted by Crippen LogP contribution is -2.54. The van der Waals surface area contributed by atoms with Gasteiger partial charge in [0.15, 0.2) is 0 Å². The highest BCUT2D eigenvalue weighted by atomic mass is 16.5. The van der Waals surface area contributed by atoms with Crippen LogP contribution < -0.4 is 16.0 Å². The maximum atomic E-state index is 12.4. The minimum absolute atomic E-state index is 0.00985. The second kappa shape index (κ2) is 16.2. The molecule has 0 saturated carbocycles. The highest BCUT2D eigenvalue weighted by Gasteiger charge is 2.29. The Balaban J connectivity index is 4.79. The van der Waals surface area contributed by atoms with Crippen LogP contribution in [0.3, 0.4) is 0 Å². The van der Waals surface area contributed by atoms with Gasteiger partial charge in [-0.05, 0) is 39.2 Å². The number of esters is 1. The Morgan fingerprint density at radius 3 is 2.25 bits per heavy atom. The van der Waals surface area contributed by atoms with Crippen LogP contribution in [0, 0.1) is 5.92 Å². The van der Waals surface area contributed by atoms with Gasteiger partial charge in [-0.1, -0.05) is 13.8 Å². The number of aliphatic hydroxyl groups excluding tert-OH is 1. The van der Waals surface area contributed by atoms with Gasteiger partial charge in [0.1, 0.15) is 18.4 Å². The van der Waals surface area contributed by atoms with E-state index in [1.165, 1.54) is 6.92 Å². The number of ether oxygens (including phenoxy) is 1. The van der Waals surface area contributed by atoms with Crippen LogP contribution in [0.2, 0.25) is 0 Å². The lowest BCUT2D eigenvalue weighted by atomic mass is 9.96. The number of aliphatic hydroxyl groups is 1. The summed E-state index contributed by atoms with van der Waals surface area (Å²) in [5.41, 5.74) is 0. The predicted octanol–water partition coefficient (Wildman–Crippen LogP) is -0.252. The van der Waals surface area contributed by atoms with E-state index in [1.54, 1.807) is 20.9 Å². The third kappa shape index (κ3) is 13.0. The molecular weight excluding hydrogens is 422 g/mol. The van der Waals surface area contributed by atoms with Gasteiger partial charge in [0, 0.05) is 12.8 Å². The van der Waals surface area contributed by atoms with E-state index in [9.17, 15) is 29.1 Å². The Morgan fingerprint density at radius 1 is 1.06 bits per heavy atom. The maximum Gasteiger partial charge on any atom is 0.308 e. The molecule has 11 nitrogen and oxygen atoms in total. The number of aliphatic carboxylic acids is 1. The molecule has 5 N–H and O–H groups in total. The molecule has 0 bridgehead atoms. The topological polar surface area (TPSA) is 171 Å². The molecule has 11 heteroatoms. The van der Waals surface area contributed by atoms with E-state index in [0.717, 1.165) is 0 Å². The third-order valence-electron chi connectivity index (χ3n) is 4.75. The van der Waals surface area contributed by atoms with E-state index in [-0.39, 0.29) is 31.2 Å². The van der Waals surface area contributed by atoms with Gasteiger partial charge in [0.2, 0.25) is 11.8 Å². The molecule has 0 fully saturated rings. The van der Waals surface area contributed by atoms with Crippen molar-refractivity contribution in [2.24, 2.45) is 5.92 Å². The number of nitrogens with one attached hydrogen (secondary N) is 3. The highest BCUT2D eigenvalue weighted by molar-refractivity contribution is 5.88. The van der Waals surface area contributed by atoms with Gasteiger partial charge in [-0.2, -0.15) is 0 Å². The molecule has 0 spiro atoms. The number of unbranched alkanes of at least 4 members (excludes halogenated alkanes) is 1. The van der Waals surface area contributed by atoms with Crippen LogP contribution in [0.5, 0.6) is 0 Å². The van der Waals surface area contributed by atoms with Crippen LogP contribution in [0.1, 0.15) is 59.3 Å². The first-order chi connectivity index (χ1) is 15.0. The molecule has 0 saturated heterocycles. The number of likely N-dealkylation sites (N-methyl/N-ethyl adjacent to an activating group) is 1. The second-order valence-electron chi connectivity index (χ2n) is 8.02. The Labute approximate surface area is 188 Å². The van der Waals surface area contributed by atoms with Crippen LogP contribution >= 0.6 is 0 Å². The van der Waals surface area contributed by atoms with Gasteiger partial charge in [-0.15, -0.1) is 0 Å². The van der Waals surface area contributed by atoms with E-state index in [4.69, 9.17) is 9.84 Å². The van der Waals surface area contributed by atoms with E-state index >= 15 is 0 Å². The number of rotatable bonds is 17. The van der Waals surface area contributed by atoms with Crippen LogP contribution in [0.4, 0.5) is 0 Å². The van der Waals surface area contributed by atoms with Gasteiger partial charge >= 0.3 is 11.9 Å². The summed E-state index contributed by atoms with van der Waals surface area (Å²) in [4.78, 5) is 57.7. The van der Waals surface area contributed by atoms with Crippen molar-refractivity contribution in [2.75, 3.05) is 13.6 Å². The van der Waals surface area contributed by atoms with Crippen molar-refractivity contribution in [2.45, 2.75) is 83.6 Å². The summed E-state index contributed by atoms with van der Waals surface area (Å²) in [7, 11) is 1.60. The summed E-state index contributed by atoms with van der Waals surface area (Å²) >= 11 is 0. The summed E-state index contributed by atoms with van der Waals surface area (Å²) in [6, 6.07) is -1.60. The van der Waals surface area contributed by atoms with Crippen molar-refractivity contribution < 1.29 is 38.9 Å². The van der Waals surface area contributed by atoms with Gasteiger partial charge in [-0.25, -0.2) is 0 Å². The lowest BCUT2D eigenvalue weighted by molar-refractivity contribution is -0.153. The first-order valence-corrected chi connectivity index (χ1v) is 10.8. The third-order valence-corrected chi connectivity index (χ3v) is 4.75. The highest BCUT2D eigenvalue weighted by Crippen LogP contribution is 2.14. The molecule has 0 rings (SSSR count). The van der Waals surface area contributed by atoms with Gasteiger partial charge < -0.3 is 35.7 Å². The fourth-order valence-corrected chi connectivity index (χ4v) is 3.03. The zero-order valence-electron chi connectivity index (χ0n) is 19.3. The molecular formula is C21H37N3O8. The predicted molar refractivity (Wildman–Crippen MR) is 116 cm³/mol. The average molecular weight is 460 g/mol. The van der Waals surface area contributed by atoms with E-state index in [1.807, 2.05) is 0 Å². The molecule has 0 aliphatic heterocycles.